The third kappa shape index (κ3) is 3.91. The van der Waals surface area contributed by atoms with Gasteiger partial charge in [-0.15, -0.1) is 0 Å². The highest BCUT2D eigenvalue weighted by Crippen LogP contribution is 2.30. The Bertz CT molecular complexity index is 531. The van der Waals surface area contributed by atoms with E-state index >= 15 is 0 Å². The van der Waals surface area contributed by atoms with E-state index in [1.54, 1.807) is 6.92 Å². The van der Waals surface area contributed by atoms with Crippen LogP contribution in [0.2, 0.25) is 0 Å². The average Bonchev–Trinajstić information content (AvgIpc) is 2.34. The second-order valence-electron chi connectivity index (χ2n) is 4.46. The molecule has 0 saturated heterocycles. The van der Waals surface area contributed by atoms with Gasteiger partial charge < -0.3 is 10.1 Å². The Morgan fingerprint density at radius 3 is 2.53 bits per heavy atom. The van der Waals surface area contributed by atoms with Gasteiger partial charge in [0.2, 0.25) is 0 Å². The van der Waals surface area contributed by atoms with E-state index in [1.807, 2.05) is 6.92 Å². The van der Waals surface area contributed by atoms with Crippen molar-refractivity contribution in [3.05, 3.63) is 29.6 Å². The van der Waals surface area contributed by atoms with Gasteiger partial charge in [-0.2, -0.15) is 0 Å². The number of methoxy groups -OCH3 is 1. The molecule has 19 heavy (non-hydrogen) atoms. The molecule has 0 amide bonds. The molecule has 6 heteroatoms. The third-order valence-electron chi connectivity index (χ3n) is 3.10. The van der Waals surface area contributed by atoms with E-state index < -0.39 is 26.9 Å². The van der Waals surface area contributed by atoms with Gasteiger partial charge in [-0.05, 0) is 31.7 Å². The summed E-state index contributed by atoms with van der Waals surface area (Å²) < 4.78 is 42.1. The Kier molecular flexibility index (Phi) is 5.31. The smallest absolute Gasteiger partial charge is 0.151 e. The van der Waals surface area contributed by atoms with E-state index in [-0.39, 0.29) is 0 Å². The van der Waals surface area contributed by atoms with Crippen molar-refractivity contribution >= 4 is 9.84 Å². The molecule has 4 nitrogen and oxygen atoms in total. The number of sulfone groups is 1. The van der Waals surface area contributed by atoms with Crippen molar-refractivity contribution in [3.63, 3.8) is 0 Å². The van der Waals surface area contributed by atoms with Gasteiger partial charge in [-0.3, -0.25) is 0 Å². The SMILES string of the molecule is CCNC(c1cc(F)ccc1OC)C(C)S(C)(=O)=O. The average molecular weight is 289 g/mol. The number of benzene rings is 1. The summed E-state index contributed by atoms with van der Waals surface area (Å²) in [5, 5.41) is 2.40. The van der Waals surface area contributed by atoms with Gasteiger partial charge >= 0.3 is 0 Å². The maximum Gasteiger partial charge on any atom is 0.151 e. The highest BCUT2D eigenvalue weighted by molar-refractivity contribution is 7.91. The van der Waals surface area contributed by atoms with Crippen LogP contribution >= 0.6 is 0 Å². The molecule has 0 aromatic heterocycles. The predicted octanol–water partition coefficient (Wildman–Crippen LogP) is 1.92. The standard InChI is InChI=1S/C13H20FNO3S/c1-5-15-13(9(2)19(4,16)17)11-8-10(14)6-7-12(11)18-3/h6-9,13,15H,5H2,1-4H3. The zero-order chi connectivity index (χ0) is 14.6. The second kappa shape index (κ2) is 6.34. The van der Waals surface area contributed by atoms with Crippen LogP contribution in [0.25, 0.3) is 0 Å². The van der Waals surface area contributed by atoms with Crippen LogP contribution in [0.15, 0.2) is 18.2 Å². The highest BCUT2D eigenvalue weighted by atomic mass is 32.2. The summed E-state index contributed by atoms with van der Waals surface area (Å²) in [6.07, 6.45) is 1.17. The molecule has 2 atom stereocenters. The maximum atomic E-state index is 13.4. The Balaban J connectivity index is 3.29. The first-order valence-corrected chi connectivity index (χ1v) is 8.02. The van der Waals surface area contributed by atoms with E-state index in [0.29, 0.717) is 17.9 Å². The monoisotopic (exact) mass is 289 g/mol. The minimum Gasteiger partial charge on any atom is -0.496 e. The number of hydrogen-bond donors (Lipinski definition) is 1. The molecule has 2 unspecified atom stereocenters. The maximum absolute atomic E-state index is 13.4. The van der Waals surface area contributed by atoms with E-state index in [2.05, 4.69) is 5.32 Å². The zero-order valence-electron chi connectivity index (χ0n) is 11.6. The molecule has 1 rings (SSSR count). The first-order valence-electron chi connectivity index (χ1n) is 6.07. The lowest BCUT2D eigenvalue weighted by atomic mass is 10.0. The lowest BCUT2D eigenvalue weighted by Crippen LogP contribution is -2.35. The fourth-order valence-electron chi connectivity index (χ4n) is 1.94. The summed E-state index contributed by atoms with van der Waals surface area (Å²) in [7, 11) is -1.77. The number of nitrogens with one attached hydrogen (secondary N) is 1. The van der Waals surface area contributed by atoms with E-state index in [4.69, 9.17) is 4.74 Å². The van der Waals surface area contributed by atoms with Crippen LogP contribution in [0.1, 0.15) is 25.5 Å². The molecule has 0 spiro atoms. The van der Waals surface area contributed by atoms with Crippen LogP contribution in [0.4, 0.5) is 4.39 Å². The van der Waals surface area contributed by atoms with Gasteiger partial charge in [0.05, 0.1) is 18.4 Å². The number of rotatable bonds is 6. The van der Waals surface area contributed by atoms with Crippen molar-refractivity contribution in [2.24, 2.45) is 0 Å². The lowest BCUT2D eigenvalue weighted by Gasteiger charge is -2.25. The third-order valence-corrected chi connectivity index (χ3v) is 4.72. The summed E-state index contributed by atoms with van der Waals surface area (Å²) in [5.74, 6) is 0.0576. The second-order valence-corrected chi connectivity index (χ2v) is 6.86. The summed E-state index contributed by atoms with van der Waals surface area (Å²) in [5.41, 5.74) is 0.516. The molecule has 1 aromatic carbocycles. The van der Waals surface area contributed by atoms with Gasteiger partial charge in [0, 0.05) is 11.8 Å². The van der Waals surface area contributed by atoms with Crippen LogP contribution < -0.4 is 10.1 Å². The molecular formula is C13H20FNO3S. The van der Waals surface area contributed by atoms with Crippen LogP contribution in [-0.2, 0) is 9.84 Å². The van der Waals surface area contributed by atoms with Gasteiger partial charge in [-0.25, -0.2) is 12.8 Å². The lowest BCUT2D eigenvalue weighted by molar-refractivity contribution is 0.396. The minimum atomic E-state index is -3.25. The molecule has 0 aliphatic heterocycles. The van der Waals surface area contributed by atoms with Crippen LogP contribution in [-0.4, -0.2) is 33.6 Å². The number of ether oxygens (including phenoxy) is 1. The molecule has 1 aromatic rings. The largest absolute Gasteiger partial charge is 0.496 e. The van der Waals surface area contributed by atoms with Gasteiger partial charge in [0.1, 0.15) is 11.6 Å². The topological polar surface area (TPSA) is 55.4 Å². The van der Waals surface area contributed by atoms with Crippen molar-refractivity contribution in [3.8, 4) is 5.75 Å². The number of halogens is 1. The molecule has 0 saturated carbocycles. The Morgan fingerprint density at radius 2 is 2.05 bits per heavy atom. The van der Waals surface area contributed by atoms with Crippen molar-refractivity contribution in [1.82, 2.24) is 5.32 Å². The fraction of sp³-hybridized carbons (Fsp3) is 0.538. The molecule has 1 N–H and O–H groups in total. The summed E-state index contributed by atoms with van der Waals surface area (Å²) >= 11 is 0. The fourth-order valence-corrected chi connectivity index (χ4v) is 2.68. The van der Waals surface area contributed by atoms with Gasteiger partial charge in [-0.1, -0.05) is 6.92 Å². The minimum absolute atomic E-state index is 0.417. The van der Waals surface area contributed by atoms with E-state index in [9.17, 15) is 12.8 Å². The Hall–Kier alpha value is -1.14. The van der Waals surface area contributed by atoms with Crippen LogP contribution in [0.3, 0.4) is 0 Å². The Labute approximate surface area is 113 Å². The number of hydrogen-bond acceptors (Lipinski definition) is 4. The summed E-state index contributed by atoms with van der Waals surface area (Å²) in [6.45, 7) is 4.05. The van der Waals surface area contributed by atoms with Crippen molar-refractivity contribution in [2.75, 3.05) is 19.9 Å². The molecule has 0 bridgehead atoms. The quantitative estimate of drug-likeness (QED) is 0.869. The zero-order valence-corrected chi connectivity index (χ0v) is 12.4. The molecule has 0 fully saturated rings. The van der Waals surface area contributed by atoms with Crippen molar-refractivity contribution < 1.29 is 17.5 Å². The summed E-state index contributed by atoms with van der Waals surface area (Å²) in [6, 6.07) is 3.60. The molecule has 0 aliphatic rings. The highest BCUT2D eigenvalue weighted by Gasteiger charge is 2.29. The van der Waals surface area contributed by atoms with Crippen LogP contribution in [0.5, 0.6) is 5.75 Å². The molecular weight excluding hydrogens is 269 g/mol. The molecule has 0 heterocycles. The van der Waals surface area contributed by atoms with Gasteiger partial charge in [0.25, 0.3) is 0 Å². The first kappa shape index (κ1) is 15.9. The van der Waals surface area contributed by atoms with Crippen molar-refractivity contribution in [1.29, 1.82) is 0 Å². The van der Waals surface area contributed by atoms with Crippen LogP contribution in [0, 0.1) is 5.82 Å². The molecule has 0 aliphatic carbocycles. The first-order chi connectivity index (χ1) is 8.81. The van der Waals surface area contributed by atoms with E-state index in [0.717, 1.165) is 0 Å². The van der Waals surface area contributed by atoms with Gasteiger partial charge in [0.15, 0.2) is 9.84 Å². The van der Waals surface area contributed by atoms with E-state index in [1.165, 1.54) is 31.6 Å². The normalized spacial score (nSPS) is 15.0. The molecule has 0 radical (unpaired) electrons. The Morgan fingerprint density at radius 1 is 1.42 bits per heavy atom. The summed E-state index contributed by atoms with van der Waals surface area (Å²) in [4.78, 5) is 0. The predicted molar refractivity (Wildman–Crippen MR) is 73.7 cm³/mol. The molecule has 108 valence electrons. The van der Waals surface area contributed by atoms with Crippen molar-refractivity contribution in [2.45, 2.75) is 25.1 Å².